The van der Waals surface area contributed by atoms with Gasteiger partial charge in [-0.3, -0.25) is 15.1 Å². The standard InChI is InChI=1S/C34H34N4O3/c1-22-13-27(20-35-29-5-3-28(4-6-29)34-17-24-14-25(18-34)16-26(15-24)19-34)23(2)37(22)30-7-10-32(11-8-30)41-33-12-9-31(21-36-33)38(39)40/h3-13,20-21,24-26H,14-19H2,1-2H3. The Morgan fingerprint density at radius 3 is 2.20 bits per heavy atom. The second-order valence-corrected chi connectivity index (χ2v) is 12.4. The van der Waals surface area contributed by atoms with E-state index in [2.05, 4.69) is 53.7 Å². The maximum atomic E-state index is 10.8. The summed E-state index contributed by atoms with van der Waals surface area (Å²) in [6.45, 7) is 4.20. The number of benzene rings is 2. The summed E-state index contributed by atoms with van der Waals surface area (Å²) < 4.78 is 7.97. The van der Waals surface area contributed by atoms with Gasteiger partial charge in [-0.1, -0.05) is 12.1 Å². The van der Waals surface area contributed by atoms with Gasteiger partial charge in [0.15, 0.2) is 0 Å². The molecule has 2 aromatic heterocycles. The number of rotatable bonds is 7. The van der Waals surface area contributed by atoms with Crippen molar-refractivity contribution in [1.82, 2.24) is 9.55 Å². The van der Waals surface area contributed by atoms with Crippen LogP contribution in [0.4, 0.5) is 11.4 Å². The molecule has 2 aromatic carbocycles. The zero-order valence-corrected chi connectivity index (χ0v) is 23.5. The lowest BCUT2D eigenvalue weighted by Crippen LogP contribution is -2.48. The molecular formula is C34H34N4O3. The number of aromatic nitrogens is 2. The van der Waals surface area contributed by atoms with E-state index in [1.165, 1.54) is 62.4 Å². The van der Waals surface area contributed by atoms with Gasteiger partial charge in [0, 0.05) is 41.0 Å². The molecule has 8 rings (SSSR count). The van der Waals surface area contributed by atoms with E-state index in [1.54, 1.807) is 0 Å². The third kappa shape index (κ3) is 4.83. The molecule has 0 atom stereocenters. The van der Waals surface area contributed by atoms with Gasteiger partial charge < -0.3 is 9.30 Å². The van der Waals surface area contributed by atoms with Crippen molar-refractivity contribution in [2.24, 2.45) is 22.7 Å². The maximum absolute atomic E-state index is 10.8. The number of aryl methyl sites for hydroxylation is 1. The molecule has 0 unspecified atom stereocenters. The lowest BCUT2D eigenvalue weighted by molar-refractivity contribution is -0.385. The monoisotopic (exact) mass is 546 g/mol. The molecule has 0 radical (unpaired) electrons. The fourth-order valence-corrected chi connectivity index (χ4v) is 8.15. The minimum Gasteiger partial charge on any atom is -0.439 e. The Morgan fingerprint density at radius 2 is 1.61 bits per heavy atom. The summed E-state index contributed by atoms with van der Waals surface area (Å²) in [5.41, 5.74) is 7.21. The van der Waals surface area contributed by atoms with Crippen LogP contribution in [-0.2, 0) is 5.41 Å². The molecule has 208 valence electrons. The number of ether oxygens (including phenoxy) is 1. The Morgan fingerprint density at radius 1 is 0.951 bits per heavy atom. The Labute approximate surface area is 240 Å². The van der Waals surface area contributed by atoms with Gasteiger partial charge in [0.05, 0.1) is 10.6 Å². The molecule has 0 amide bonds. The Balaban J connectivity index is 1.05. The molecule has 0 spiro atoms. The number of aliphatic imine (C=N–C) groups is 1. The summed E-state index contributed by atoms with van der Waals surface area (Å²) in [6.07, 6.45) is 11.7. The third-order valence-corrected chi connectivity index (χ3v) is 9.59. The van der Waals surface area contributed by atoms with E-state index in [0.717, 1.165) is 46.1 Å². The van der Waals surface area contributed by atoms with E-state index in [9.17, 15) is 10.1 Å². The molecule has 0 aliphatic heterocycles. The molecule has 7 heteroatoms. The van der Waals surface area contributed by atoms with Gasteiger partial charge in [0.25, 0.3) is 5.69 Å². The predicted octanol–water partition coefficient (Wildman–Crippen LogP) is 8.41. The van der Waals surface area contributed by atoms with E-state index in [0.29, 0.717) is 17.0 Å². The molecule has 41 heavy (non-hydrogen) atoms. The van der Waals surface area contributed by atoms with Crippen molar-refractivity contribution in [3.05, 3.63) is 106 Å². The average molecular weight is 547 g/mol. The summed E-state index contributed by atoms with van der Waals surface area (Å²) in [7, 11) is 0. The van der Waals surface area contributed by atoms with Gasteiger partial charge in [0.1, 0.15) is 11.9 Å². The highest BCUT2D eigenvalue weighted by molar-refractivity contribution is 5.84. The van der Waals surface area contributed by atoms with Crippen molar-refractivity contribution in [2.75, 3.05) is 0 Å². The number of nitro groups is 1. The topological polar surface area (TPSA) is 82.5 Å². The maximum Gasteiger partial charge on any atom is 0.287 e. The van der Waals surface area contributed by atoms with Gasteiger partial charge in [-0.05, 0) is 124 Å². The summed E-state index contributed by atoms with van der Waals surface area (Å²) in [5.74, 6) is 3.76. The summed E-state index contributed by atoms with van der Waals surface area (Å²) in [4.78, 5) is 19.2. The highest BCUT2D eigenvalue weighted by Crippen LogP contribution is 2.60. The van der Waals surface area contributed by atoms with Crippen molar-refractivity contribution in [2.45, 2.75) is 57.8 Å². The summed E-state index contributed by atoms with van der Waals surface area (Å²) in [5, 5.41) is 10.8. The van der Waals surface area contributed by atoms with Crippen LogP contribution in [0.3, 0.4) is 0 Å². The van der Waals surface area contributed by atoms with Crippen LogP contribution in [0.5, 0.6) is 11.6 Å². The van der Waals surface area contributed by atoms with Crippen molar-refractivity contribution < 1.29 is 9.66 Å². The lowest BCUT2D eigenvalue weighted by atomic mass is 9.48. The molecule has 4 aliphatic carbocycles. The van der Waals surface area contributed by atoms with Gasteiger partial charge in [0.2, 0.25) is 5.88 Å². The second-order valence-electron chi connectivity index (χ2n) is 12.4. The Hall–Kier alpha value is -4.26. The van der Waals surface area contributed by atoms with Crippen LogP contribution in [0.25, 0.3) is 5.69 Å². The summed E-state index contributed by atoms with van der Waals surface area (Å²) >= 11 is 0. The van der Waals surface area contributed by atoms with E-state index >= 15 is 0 Å². The molecular weight excluding hydrogens is 512 g/mol. The van der Waals surface area contributed by atoms with Crippen LogP contribution < -0.4 is 4.74 Å². The first kappa shape index (κ1) is 25.7. The molecule has 7 nitrogen and oxygen atoms in total. The minimum atomic E-state index is -0.481. The van der Waals surface area contributed by atoms with Crippen molar-refractivity contribution in [3.8, 4) is 17.3 Å². The van der Waals surface area contributed by atoms with Gasteiger partial charge in [-0.25, -0.2) is 4.98 Å². The van der Waals surface area contributed by atoms with Gasteiger partial charge in [-0.2, -0.15) is 0 Å². The number of hydrogen-bond donors (Lipinski definition) is 0. The predicted molar refractivity (Wildman–Crippen MR) is 160 cm³/mol. The van der Waals surface area contributed by atoms with Crippen molar-refractivity contribution >= 4 is 17.6 Å². The molecule has 4 saturated carbocycles. The lowest BCUT2D eigenvalue weighted by Gasteiger charge is -2.57. The first-order valence-electron chi connectivity index (χ1n) is 14.6. The zero-order chi connectivity index (χ0) is 28.1. The normalized spacial score (nSPS) is 24.7. The largest absolute Gasteiger partial charge is 0.439 e. The van der Waals surface area contributed by atoms with Crippen molar-refractivity contribution in [3.63, 3.8) is 0 Å². The van der Waals surface area contributed by atoms with Gasteiger partial charge in [-0.15, -0.1) is 0 Å². The Bertz CT molecular complexity index is 1580. The molecule has 4 aliphatic rings. The first-order valence-corrected chi connectivity index (χ1v) is 14.6. The molecule has 4 aromatic rings. The number of nitrogens with zero attached hydrogens (tertiary/aromatic N) is 4. The molecule has 4 fully saturated rings. The molecule has 0 saturated heterocycles. The minimum absolute atomic E-state index is 0.0693. The van der Waals surface area contributed by atoms with E-state index in [-0.39, 0.29) is 5.69 Å². The fourth-order valence-electron chi connectivity index (χ4n) is 8.15. The zero-order valence-electron chi connectivity index (χ0n) is 23.5. The van der Waals surface area contributed by atoms with E-state index in [1.807, 2.05) is 30.5 Å². The van der Waals surface area contributed by atoms with E-state index < -0.39 is 4.92 Å². The highest BCUT2D eigenvalue weighted by atomic mass is 16.6. The van der Waals surface area contributed by atoms with Crippen LogP contribution >= 0.6 is 0 Å². The third-order valence-electron chi connectivity index (χ3n) is 9.59. The summed E-state index contributed by atoms with van der Waals surface area (Å²) in [6, 6.07) is 21.8. The smallest absolute Gasteiger partial charge is 0.287 e. The number of hydrogen-bond acceptors (Lipinski definition) is 5. The van der Waals surface area contributed by atoms with Crippen LogP contribution in [0.2, 0.25) is 0 Å². The SMILES string of the molecule is Cc1cc(C=Nc2ccc(C34CC5CC(CC(C5)C3)C4)cc2)c(C)n1-c1ccc(Oc2ccc([N+](=O)[O-])cn2)cc1. The molecule has 4 bridgehead atoms. The fraction of sp³-hybridized carbons (Fsp3) is 0.353. The quantitative estimate of drug-likeness (QED) is 0.132. The van der Waals surface area contributed by atoms with Crippen LogP contribution in [-0.4, -0.2) is 20.7 Å². The Kier molecular flexibility index (Phi) is 6.25. The second kappa shape index (κ2) is 9.98. The van der Waals surface area contributed by atoms with Crippen molar-refractivity contribution in [1.29, 1.82) is 0 Å². The van der Waals surface area contributed by atoms with Crippen LogP contribution in [0.15, 0.2) is 77.9 Å². The average Bonchev–Trinajstić information content (AvgIpc) is 3.24. The van der Waals surface area contributed by atoms with E-state index in [4.69, 9.17) is 9.73 Å². The van der Waals surface area contributed by atoms with Crippen LogP contribution in [0.1, 0.15) is 61.0 Å². The molecule has 0 N–H and O–H groups in total. The van der Waals surface area contributed by atoms with Gasteiger partial charge >= 0.3 is 0 Å². The number of pyridine rings is 1. The molecule has 2 heterocycles. The highest BCUT2D eigenvalue weighted by Gasteiger charge is 2.51. The van der Waals surface area contributed by atoms with Crippen LogP contribution in [0, 0.1) is 41.7 Å². The first-order chi connectivity index (χ1) is 19.8.